The van der Waals surface area contributed by atoms with Crippen LogP contribution in [-0.4, -0.2) is 32.3 Å². The Balaban J connectivity index is 1.20. The predicted molar refractivity (Wildman–Crippen MR) is 125 cm³/mol. The highest BCUT2D eigenvalue weighted by Crippen LogP contribution is 2.28. The van der Waals surface area contributed by atoms with Gasteiger partial charge in [-0.2, -0.15) is 9.78 Å². The molecule has 8 nitrogen and oxygen atoms in total. The lowest BCUT2D eigenvalue weighted by atomic mass is 10.0. The number of para-hydroxylation sites is 1. The van der Waals surface area contributed by atoms with Gasteiger partial charge in [0.15, 0.2) is 5.09 Å². The molecule has 0 radical (unpaired) electrons. The Morgan fingerprint density at radius 2 is 1.82 bits per heavy atom. The van der Waals surface area contributed by atoms with Crippen LogP contribution < -0.4 is 5.43 Å². The minimum atomic E-state index is -0.203. The Morgan fingerprint density at radius 3 is 2.73 bits per heavy atom. The van der Waals surface area contributed by atoms with Crippen molar-refractivity contribution in [2.45, 2.75) is 16.7 Å². The third-order valence-corrected chi connectivity index (χ3v) is 5.71. The summed E-state index contributed by atoms with van der Waals surface area (Å²) in [6.07, 6.45) is 1.70. The molecule has 5 aromatic rings. The molecule has 2 aromatic heterocycles. The van der Waals surface area contributed by atoms with Gasteiger partial charge in [0.05, 0.1) is 18.3 Å². The zero-order valence-electron chi connectivity index (χ0n) is 17.3. The van der Waals surface area contributed by atoms with Crippen LogP contribution in [-0.2, 0) is 11.2 Å². The summed E-state index contributed by atoms with van der Waals surface area (Å²) >= 11 is 1.29. The topological polar surface area (TPSA) is 98.2 Å². The van der Waals surface area contributed by atoms with E-state index in [4.69, 9.17) is 4.42 Å². The molecule has 0 atom stereocenters. The molecule has 9 heteroatoms. The number of rotatable bonds is 7. The molecule has 3 aromatic carbocycles. The van der Waals surface area contributed by atoms with Gasteiger partial charge in [0.2, 0.25) is 11.1 Å². The van der Waals surface area contributed by atoms with Crippen LogP contribution in [0.1, 0.15) is 11.3 Å². The number of hydrogen-bond acceptors (Lipinski definition) is 7. The molecule has 0 fully saturated rings. The maximum atomic E-state index is 12.4. The highest BCUT2D eigenvalue weighted by Gasteiger charge is 2.12. The normalized spacial score (nSPS) is 11.3. The minimum Gasteiger partial charge on any atom is -0.448 e. The van der Waals surface area contributed by atoms with Crippen molar-refractivity contribution < 1.29 is 9.21 Å². The Morgan fingerprint density at radius 1 is 1.00 bits per heavy atom. The van der Waals surface area contributed by atoms with Gasteiger partial charge in [0, 0.05) is 0 Å². The van der Waals surface area contributed by atoms with Crippen molar-refractivity contribution in [1.82, 2.24) is 25.6 Å². The summed E-state index contributed by atoms with van der Waals surface area (Å²) in [5.74, 6) is 0.299. The van der Waals surface area contributed by atoms with E-state index >= 15 is 0 Å². The lowest BCUT2D eigenvalue weighted by Crippen LogP contribution is -2.19. The van der Waals surface area contributed by atoms with Crippen LogP contribution in [0.2, 0.25) is 0 Å². The number of furan rings is 1. The molecule has 0 aliphatic rings. The number of amides is 1. The number of aromatic nitrogens is 4. The van der Waals surface area contributed by atoms with E-state index in [1.807, 2.05) is 72.8 Å². The van der Waals surface area contributed by atoms with Gasteiger partial charge < -0.3 is 4.42 Å². The standard InChI is InChI=1S/C24H18N6O2S/c31-22(15-18-9-6-8-17-7-4-5-12-21(17)18)26-25-16-20-13-14-23(32-20)33-24-27-28-29-30(24)19-10-2-1-3-11-19/h1-14,16H,15H2,(H,26,31)/b25-16+. The Kier molecular flexibility index (Phi) is 5.94. The van der Waals surface area contributed by atoms with E-state index in [1.165, 1.54) is 18.0 Å². The number of hydrogen-bond donors (Lipinski definition) is 1. The SMILES string of the molecule is O=C(Cc1cccc2ccccc12)N/N=C/c1ccc(Sc2nnnn2-c2ccccc2)o1. The van der Waals surface area contributed by atoms with Crippen LogP contribution in [0.4, 0.5) is 0 Å². The first-order valence-electron chi connectivity index (χ1n) is 10.2. The van der Waals surface area contributed by atoms with Crippen LogP contribution in [0, 0.1) is 0 Å². The molecular weight excluding hydrogens is 436 g/mol. The Labute approximate surface area is 193 Å². The lowest BCUT2D eigenvalue weighted by molar-refractivity contribution is -0.120. The fraction of sp³-hybridized carbons (Fsp3) is 0.0417. The molecule has 33 heavy (non-hydrogen) atoms. The van der Waals surface area contributed by atoms with E-state index in [-0.39, 0.29) is 12.3 Å². The van der Waals surface area contributed by atoms with E-state index < -0.39 is 0 Å². The van der Waals surface area contributed by atoms with Crippen molar-refractivity contribution in [3.05, 3.63) is 96.3 Å². The molecule has 0 aliphatic carbocycles. The first-order chi connectivity index (χ1) is 16.3. The number of carbonyl (C=O) groups excluding carboxylic acids is 1. The second-order valence-corrected chi connectivity index (χ2v) is 8.05. The highest BCUT2D eigenvalue weighted by atomic mass is 32.2. The van der Waals surface area contributed by atoms with Crippen LogP contribution >= 0.6 is 11.8 Å². The van der Waals surface area contributed by atoms with Gasteiger partial charge in [0.1, 0.15) is 5.76 Å². The molecule has 0 saturated heterocycles. The third kappa shape index (κ3) is 4.83. The van der Waals surface area contributed by atoms with E-state index in [1.54, 1.807) is 16.8 Å². The molecule has 0 unspecified atom stereocenters. The van der Waals surface area contributed by atoms with Gasteiger partial charge in [-0.3, -0.25) is 4.79 Å². The molecule has 0 spiro atoms. The Bertz CT molecular complexity index is 1420. The van der Waals surface area contributed by atoms with E-state index in [0.29, 0.717) is 16.0 Å². The van der Waals surface area contributed by atoms with E-state index in [9.17, 15) is 4.79 Å². The van der Waals surface area contributed by atoms with Crippen molar-refractivity contribution in [1.29, 1.82) is 0 Å². The van der Waals surface area contributed by atoms with E-state index in [2.05, 4.69) is 26.1 Å². The van der Waals surface area contributed by atoms with Crippen molar-refractivity contribution >= 4 is 34.7 Å². The maximum Gasteiger partial charge on any atom is 0.244 e. The van der Waals surface area contributed by atoms with Gasteiger partial charge in [-0.15, -0.1) is 5.10 Å². The quantitative estimate of drug-likeness (QED) is 0.292. The first kappa shape index (κ1) is 20.7. The molecule has 1 N–H and O–H groups in total. The summed E-state index contributed by atoms with van der Waals surface area (Å²) in [6, 6.07) is 27.1. The van der Waals surface area contributed by atoms with Gasteiger partial charge >= 0.3 is 0 Å². The molecule has 5 rings (SSSR count). The maximum absolute atomic E-state index is 12.4. The molecule has 162 valence electrons. The second kappa shape index (κ2) is 9.49. The number of fused-ring (bicyclic) bond motifs is 1. The largest absolute Gasteiger partial charge is 0.448 e. The van der Waals surface area contributed by atoms with E-state index in [0.717, 1.165) is 22.0 Å². The number of nitrogens with zero attached hydrogens (tertiary/aromatic N) is 5. The van der Waals surface area contributed by atoms with Gasteiger partial charge in [-0.25, -0.2) is 5.43 Å². The van der Waals surface area contributed by atoms with Crippen molar-refractivity contribution in [3.63, 3.8) is 0 Å². The zero-order valence-corrected chi connectivity index (χ0v) is 18.1. The van der Waals surface area contributed by atoms with Gasteiger partial charge in [0.25, 0.3) is 0 Å². The molecule has 1 amide bonds. The van der Waals surface area contributed by atoms with Gasteiger partial charge in [-0.05, 0) is 62.8 Å². The van der Waals surface area contributed by atoms with Crippen molar-refractivity contribution in [2.24, 2.45) is 5.10 Å². The van der Waals surface area contributed by atoms with Crippen LogP contribution in [0.5, 0.6) is 0 Å². The number of hydrazone groups is 1. The fourth-order valence-corrected chi connectivity index (χ4v) is 4.11. The molecule has 2 heterocycles. The zero-order chi connectivity index (χ0) is 22.5. The lowest BCUT2D eigenvalue weighted by Gasteiger charge is -2.05. The first-order valence-corrected chi connectivity index (χ1v) is 11.0. The minimum absolute atomic E-state index is 0.203. The van der Waals surface area contributed by atoms with Crippen LogP contribution in [0.25, 0.3) is 16.5 Å². The summed E-state index contributed by atoms with van der Waals surface area (Å²) in [6.45, 7) is 0. The average Bonchev–Trinajstić information content (AvgIpc) is 3.50. The highest BCUT2D eigenvalue weighted by molar-refractivity contribution is 7.99. The second-order valence-electron chi connectivity index (χ2n) is 7.08. The Hall–Kier alpha value is -4.24. The number of carbonyl (C=O) groups is 1. The average molecular weight is 455 g/mol. The van der Waals surface area contributed by atoms with Gasteiger partial charge in [-0.1, -0.05) is 60.7 Å². The third-order valence-electron chi connectivity index (χ3n) is 4.85. The molecule has 0 bridgehead atoms. The molecular formula is C24H18N6O2S. The predicted octanol–water partition coefficient (Wildman–Crippen LogP) is 4.25. The summed E-state index contributed by atoms with van der Waals surface area (Å²) in [5, 5.41) is 19.2. The monoisotopic (exact) mass is 454 g/mol. The summed E-state index contributed by atoms with van der Waals surface area (Å²) in [5.41, 5.74) is 4.36. The number of nitrogens with one attached hydrogen (secondary N) is 1. The van der Waals surface area contributed by atoms with Crippen LogP contribution in [0.3, 0.4) is 0 Å². The number of benzene rings is 3. The fourth-order valence-electron chi connectivity index (χ4n) is 3.35. The molecule has 0 aliphatic heterocycles. The summed E-state index contributed by atoms with van der Waals surface area (Å²) in [7, 11) is 0. The smallest absolute Gasteiger partial charge is 0.244 e. The summed E-state index contributed by atoms with van der Waals surface area (Å²) in [4.78, 5) is 12.4. The van der Waals surface area contributed by atoms with Crippen molar-refractivity contribution in [2.75, 3.05) is 0 Å². The van der Waals surface area contributed by atoms with Crippen molar-refractivity contribution in [3.8, 4) is 5.69 Å². The molecule has 0 saturated carbocycles. The number of tetrazole rings is 1. The van der Waals surface area contributed by atoms with Crippen LogP contribution in [0.15, 0.2) is 105 Å². The summed E-state index contributed by atoms with van der Waals surface area (Å²) < 4.78 is 7.39.